The average molecular weight is 317 g/mol. The Morgan fingerprint density at radius 2 is 1.58 bits per heavy atom. The molecule has 4 nitrogen and oxygen atoms in total. The van der Waals surface area contributed by atoms with Gasteiger partial charge in [0.2, 0.25) is 0 Å². The average Bonchev–Trinajstić information content (AvgIpc) is 2.67. The third-order valence-corrected chi connectivity index (χ3v) is 4.14. The lowest BCUT2D eigenvalue weighted by molar-refractivity contribution is 0.122. The van der Waals surface area contributed by atoms with E-state index in [1.54, 1.807) is 0 Å². The summed E-state index contributed by atoms with van der Waals surface area (Å²) in [6, 6.07) is 18.4. The summed E-state index contributed by atoms with van der Waals surface area (Å²) in [5.74, 6) is 1.73. The third kappa shape index (κ3) is 3.14. The van der Waals surface area contributed by atoms with E-state index < -0.39 is 0 Å². The summed E-state index contributed by atoms with van der Waals surface area (Å²) in [5.41, 5.74) is 2.11. The molecule has 0 atom stereocenters. The van der Waals surface area contributed by atoms with E-state index in [1.165, 1.54) is 0 Å². The molecule has 0 radical (unpaired) electrons. The van der Waals surface area contributed by atoms with E-state index in [0.29, 0.717) is 0 Å². The van der Waals surface area contributed by atoms with Crippen molar-refractivity contribution < 1.29 is 4.74 Å². The minimum Gasteiger partial charge on any atom is -0.378 e. The normalized spacial score (nSPS) is 15.2. The molecule has 24 heavy (non-hydrogen) atoms. The lowest BCUT2D eigenvalue weighted by Crippen LogP contribution is -2.37. The molecule has 1 saturated heterocycles. The van der Waals surface area contributed by atoms with Crippen LogP contribution < -0.4 is 4.90 Å². The fraction of sp³-hybridized carbons (Fsp3) is 0.200. The second-order valence-corrected chi connectivity index (χ2v) is 5.77. The predicted molar refractivity (Wildman–Crippen MR) is 97.9 cm³/mol. The van der Waals surface area contributed by atoms with Gasteiger partial charge in [0.25, 0.3) is 0 Å². The summed E-state index contributed by atoms with van der Waals surface area (Å²) < 4.78 is 5.47. The standard InChI is InChI=1S/C20H19N3O/c1-2-6-16(7-3-1)10-11-19-21-18-9-5-4-8-17(18)20(22-19)23-12-14-24-15-13-23/h1-11H,12-15H2. The molecule has 0 bridgehead atoms. The van der Waals surface area contributed by atoms with Gasteiger partial charge in [0.1, 0.15) is 5.82 Å². The highest BCUT2D eigenvalue weighted by atomic mass is 16.5. The number of hydrogen-bond donors (Lipinski definition) is 0. The molecule has 0 amide bonds. The molecule has 2 aromatic carbocycles. The van der Waals surface area contributed by atoms with Gasteiger partial charge in [-0.3, -0.25) is 0 Å². The first-order chi connectivity index (χ1) is 11.9. The van der Waals surface area contributed by atoms with Crippen molar-refractivity contribution in [2.45, 2.75) is 0 Å². The fourth-order valence-corrected chi connectivity index (χ4v) is 2.90. The summed E-state index contributed by atoms with van der Waals surface area (Å²) >= 11 is 0. The third-order valence-electron chi connectivity index (χ3n) is 4.14. The van der Waals surface area contributed by atoms with Crippen molar-refractivity contribution in [2.24, 2.45) is 0 Å². The minimum absolute atomic E-state index is 0.735. The number of para-hydroxylation sites is 1. The van der Waals surface area contributed by atoms with Crippen molar-refractivity contribution in [2.75, 3.05) is 31.2 Å². The van der Waals surface area contributed by atoms with Crippen molar-refractivity contribution in [3.8, 4) is 0 Å². The van der Waals surface area contributed by atoms with Gasteiger partial charge in [0.15, 0.2) is 5.82 Å². The summed E-state index contributed by atoms with van der Waals surface area (Å²) in [4.78, 5) is 11.8. The van der Waals surface area contributed by atoms with Gasteiger partial charge in [0.05, 0.1) is 18.7 Å². The monoisotopic (exact) mass is 317 g/mol. The SMILES string of the molecule is C(=Cc1nc(N2CCOCC2)c2ccccc2n1)c1ccccc1. The number of morpholine rings is 1. The van der Waals surface area contributed by atoms with Crippen LogP contribution in [0.5, 0.6) is 0 Å². The lowest BCUT2D eigenvalue weighted by atomic mass is 10.2. The Labute approximate surface area is 141 Å². The highest BCUT2D eigenvalue weighted by molar-refractivity contribution is 5.90. The van der Waals surface area contributed by atoms with E-state index in [4.69, 9.17) is 9.72 Å². The number of fused-ring (bicyclic) bond motifs is 1. The Balaban J connectivity index is 1.75. The van der Waals surface area contributed by atoms with Gasteiger partial charge in [-0.05, 0) is 23.8 Å². The molecule has 1 aromatic heterocycles. The van der Waals surface area contributed by atoms with Crippen LogP contribution in [-0.4, -0.2) is 36.3 Å². The first-order valence-electron chi connectivity index (χ1n) is 8.23. The van der Waals surface area contributed by atoms with Gasteiger partial charge >= 0.3 is 0 Å². The Bertz CT molecular complexity index is 855. The largest absolute Gasteiger partial charge is 0.378 e. The first-order valence-corrected chi connectivity index (χ1v) is 8.23. The highest BCUT2D eigenvalue weighted by Crippen LogP contribution is 2.25. The molecule has 1 aliphatic heterocycles. The predicted octanol–water partition coefficient (Wildman–Crippen LogP) is 3.64. The molecule has 0 unspecified atom stereocenters. The minimum atomic E-state index is 0.735. The second-order valence-electron chi connectivity index (χ2n) is 5.77. The molecule has 0 aliphatic carbocycles. The quantitative estimate of drug-likeness (QED) is 0.739. The summed E-state index contributed by atoms with van der Waals surface area (Å²) in [6.07, 6.45) is 4.03. The van der Waals surface area contributed by atoms with Gasteiger partial charge in [-0.2, -0.15) is 0 Å². The Hall–Kier alpha value is -2.72. The molecule has 1 aliphatic rings. The Kier molecular flexibility index (Phi) is 4.21. The smallest absolute Gasteiger partial charge is 0.154 e. The van der Waals surface area contributed by atoms with E-state index in [1.807, 2.05) is 48.6 Å². The van der Waals surface area contributed by atoms with E-state index in [-0.39, 0.29) is 0 Å². The molecule has 0 spiro atoms. The zero-order chi connectivity index (χ0) is 16.2. The maximum Gasteiger partial charge on any atom is 0.154 e. The first kappa shape index (κ1) is 14.8. The molecular formula is C20H19N3O. The van der Waals surface area contributed by atoms with Crippen LogP contribution in [0.1, 0.15) is 11.4 Å². The van der Waals surface area contributed by atoms with Crippen LogP contribution in [0.15, 0.2) is 54.6 Å². The van der Waals surface area contributed by atoms with E-state index >= 15 is 0 Å². The number of hydrogen-bond acceptors (Lipinski definition) is 4. The van der Waals surface area contributed by atoms with Gasteiger partial charge in [0, 0.05) is 18.5 Å². The molecule has 3 aromatic rings. The van der Waals surface area contributed by atoms with Gasteiger partial charge in [-0.25, -0.2) is 9.97 Å². The van der Waals surface area contributed by atoms with Crippen LogP contribution in [0, 0.1) is 0 Å². The topological polar surface area (TPSA) is 38.2 Å². The fourth-order valence-electron chi connectivity index (χ4n) is 2.90. The number of aromatic nitrogens is 2. The molecule has 0 N–H and O–H groups in total. The summed E-state index contributed by atoms with van der Waals surface area (Å²) in [7, 11) is 0. The number of benzene rings is 2. The Morgan fingerprint density at radius 3 is 2.42 bits per heavy atom. The zero-order valence-electron chi connectivity index (χ0n) is 13.4. The van der Waals surface area contributed by atoms with Crippen LogP contribution in [0.2, 0.25) is 0 Å². The van der Waals surface area contributed by atoms with Gasteiger partial charge in [-0.15, -0.1) is 0 Å². The van der Waals surface area contributed by atoms with E-state index in [2.05, 4.69) is 28.1 Å². The summed E-state index contributed by atoms with van der Waals surface area (Å²) in [5, 5.41) is 1.09. The van der Waals surface area contributed by atoms with Crippen LogP contribution in [0.3, 0.4) is 0 Å². The van der Waals surface area contributed by atoms with Crippen LogP contribution >= 0.6 is 0 Å². The van der Waals surface area contributed by atoms with Crippen LogP contribution in [0.4, 0.5) is 5.82 Å². The Morgan fingerprint density at radius 1 is 0.833 bits per heavy atom. The number of ether oxygens (including phenoxy) is 1. The molecule has 120 valence electrons. The van der Waals surface area contributed by atoms with E-state index in [0.717, 1.165) is 54.4 Å². The lowest BCUT2D eigenvalue weighted by Gasteiger charge is -2.28. The molecule has 0 saturated carbocycles. The van der Waals surface area contributed by atoms with Crippen molar-refractivity contribution in [1.29, 1.82) is 0 Å². The van der Waals surface area contributed by atoms with Crippen molar-refractivity contribution in [3.05, 3.63) is 66.0 Å². The maximum absolute atomic E-state index is 5.47. The number of nitrogens with zero attached hydrogens (tertiary/aromatic N) is 3. The van der Waals surface area contributed by atoms with Crippen LogP contribution in [0.25, 0.3) is 23.1 Å². The van der Waals surface area contributed by atoms with Gasteiger partial charge < -0.3 is 9.64 Å². The van der Waals surface area contributed by atoms with Crippen molar-refractivity contribution >= 4 is 28.9 Å². The number of anilines is 1. The molecule has 2 heterocycles. The zero-order valence-corrected chi connectivity index (χ0v) is 13.4. The van der Waals surface area contributed by atoms with Crippen molar-refractivity contribution in [1.82, 2.24) is 9.97 Å². The molecule has 4 heteroatoms. The molecular weight excluding hydrogens is 298 g/mol. The number of rotatable bonds is 3. The van der Waals surface area contributed by atoms with Crippen LogP contribution in [-0.2, 0) is 4.74 Å². The van der Waals surface area contributed by atoms with Gasteiger partial charge in [-0.1, -0.05) is 48.5 Å². The molecule has 1 fully saturated rings. The summed E-state index contributed by atoms with van der Waals surface area (Å²) in [6.45, 7) is 3.22. The second kappa shape index (κ2) is 6.81. The van der Waals surface area contributed by atoms with Crippen molar-refractivity contribution in [3.63, 3.8) is 0 Å². The highest BCUT2D eigenvalue weighted by Gasteiger charge is 2.16. The maximum atomic E-state index is 5.47. The van der Waals surface area contributed by atoms with E-state index in [9.17, 15) is 0 Å². The molecule has 4 rings (SSSR count).